The van der Waals surface area contributed by atoms with Crippen LogP contribution in [-0.2, 0) is 6.42 Å². The van der Waals surface area contributed by atoms with E-state index < -0.39 is 0 Å². The second kappa shape index (κ2) is 7.72. The summed E-state index contributed by atoms with van der Waals surface area (Å²) in [5.74, 6) is 1.49. The van der Waals surface area contributed by atoms with Crippen molar-refractivity contribution in [2.24, 2.45) is 0 Å². The van der Waals surface area contributed by atoms with E-state index in [9.17, 15) is 0 Å². The first-order chi connectivity index (χ1) is 10.6. The van der Waals surface area contributed by atoms with Gasteiger partial charge in [-0.05, 0) is 11.6 Å². The smallest absolute Gasteiger partial charge is 0.222 e. The number of aromatic nitrogens is 2. The Balaban J connectivity index is 2.13. The molecule has 8 heteroatoms. The maximum absolute atomic E-state index is 6.28. The predicted octanol–water partition coefficient (Wildman–Crippen LogP) is 4.08. The fourth-order valence-electron chi connectivity index (χ4n) is 1.80. The van der Waals surface area contributed by atoms with Crippen molar-refractivity contribution in [2.45, 2.75) is 6.42 Å². The van der Waals surface area contributed by atoms with E-state index in [0.29, 0.717) is 45.9 Å². The highest BCUT2D eigenvalue weighted by atomic mass is 35.5. The molecule has 0 radical (unpaired) electrons. The maximum Gasteiger partial charge on any atom is 0.222 e. The van der Waals surface area contributed by atoms with Crippen molar-refractivity contribution in [1.29, 1.82) is 0 Å². The van der Waals surface area contributed by atoms with Crippen LogP contribution in [0.2, 0.25) is 15.3 Å². The van der Waals surface area contributed by atoms with Crippen LogP contribution in [0, 0.1) is 0 Å². The average Bonchev–Trinajstić information content (AvgIpc) is 2.52. The zero-order valence-corrected chi connectivity index (χ0v) is 14.2. The summed E-state index contributed by atoms with van der Waals surface area (Å²) >= 11 is 18.2. The van der Waals surface area contributed by atoms with Crippen LogP contribution >= 0.6 is 34.8 Å². The number of benzene rings is 1. The lowest BCUT2D eigenvalue weighted by Gasteiger charge is -2.14. The molecule has 0 saturated heterocycles. The van der Waals surface area contributed by atoms with Gasteiger partial charge < -0.3 is 14.2 Å². The Morgan fingerprint density at radius 2 is 1.50 bits per heavy atom. The van der Waals surface area contributed by atoms with Crippen LogP contribution in [0.5, 0.6) is 17.2 Å². The summed E-state index contributed by atoms with van der Waals surface area (Å²) in [6, 6.07) is 1.64. The van der Waals surface area contributed by atoms with Crippen molar-refractivity contribution < 1.29 is 14.2 Å². The van der Waals surface area contributed by atoms with Crippen LogP contribution in [-0.4, -0.2) is 30.8 Å². The quantitative estimate of drug-likeness (QED) is 0.724. The molecule has 0 atom stereocenters. The van der Waals surface area contributed by atoms with Crippen LogP contribution in [0.4, 0.5) is 0 Å². The van der Waals surface area contributed by atoms with Gasteiger partial charge in [0, 0.05) is 18.1 Å². The molecule has 0 unspecified atom stereocenters. The highest BCUT2D eigenvalue weighted by molar-refractivity contribution is 6.37. The molecule has 0 spiro atoms. The van der Waals surface area contributed by atoms with E-state index in [1.165, 1.54) is 26.6 Å². The lowest BCUT2D eigenvalue weighted by molar-refractivity contribution is 0.318. The molecule has 0 aliphatic rings. The van der Waals surface area contributed by atoms with Gasteiger partial charge in [-0.2, -0.15) is 0 Å². The molecule has 2 aromatic rings. The standard InChI is InChI=1S/C14H13Cl3N2O3/c1-20-10-5-11(21-2)13(16)9(12(10)15)3-4-22-8-6-18-14(17)19-7-8/h5-7H,3-4H2,1-2H3. The normalized spacial score (nSPS) is 10.4. The van der Waals surface area contributed by atoms with Crippen molar-refractivity contribution >= 4 is 34.8 Å². The molecule has 5 nitrogen and oxygen atoms in total. The minimum atomic E-state index is 0.163. The number of nitrogens with zero attached hydrogens (tertiary/aromatic N) is 2. The van der Waals surface area contributed by atoms with Gasteiger partial charge in [-0.15, -0.1) is 0 Å². The summed E-state index contributed by atoms with van der Waals surface area (Å²) in [4.78, 5) is 7.66. The molecule has 118 valence electrons. The summed E-state index contributed by atoms with van der Waals surface area (Å²) in [7, 11) is 3.06. The Bertz CT molecular complexity index is 623. The van der Waals surface area contributed by atoms with Gasteiger partial charge in [0.2, 0.25) is 5.28 Å². The zero-order chi connectivity index (χ0) is 16.1. The fraction of sp³-hybridized carbons (Fsp3) is 0.286. The predicted molar refractivity (Wildman–Crippen MR) is 85.8 cm³/mol. The monoisotopic (exact) mass is 362 g/mol. The Labute approximate surface area is 143 Å². The molecule has 1 heterocycles. The first-order valence-electron chi connectivity index (χ1n) is 6.26. The van der Waals surface area contributed by atoms with Crippen molar-refractivity contribution in [2.75, 3.05) is 20.8 Å². The number of hydrogen-bond acceptors (Lipinski definition) is 5. The number of hydrogen-bond donors (Lipinski definition) is 0. The molecule has 1 aromatic carbocycles. The summed E-state index contributed by atoms with van der Waals surface area (Å²) in [6.45, 7) is 0.334. The van der Waals surface area contributed by atoms with E-state index in [1.54, 1.807) is 6.07 Å². The van der Waals surface area contributed by atoms with Crippen LogP contribution < -0.4 is 14.2 Å². The Morgan fingerprint density at radius 3 is 2.00 bits per heavy atom. The minimum absolute atomic E-state index is 0.163. The Hall–Kier alpha value is -1.43. The van der Waals surface area contributed by atoms with Gasteiger partial charge in [0.15, 0.2) is 5.75 Å². The third-order valence-corrected chi connectivity index (χ3v) is 3.91. The van der Waals surface area contributed by atoms with Gasteiger partial charge in [0.1, 0.15) is 11.5 Å². The van der Waals surface area contributed by atoms with E-state index in [2.05, 4.69) is 9.97 Å². The Kier molecular flexibility index (Phi) is 5.94. The number of rotatable bonds is 6. The van der Waals surface area contributed by atoms with Gasteiger partial charge in [0.05, 0.1) is 43.3 Å². The van der Waals surface area contributed by atoms with E-state index in [4.69, 9.17) is 49.0 Å². The molecular weight excluding hydrogens is 351 g/mol. The molecule has 0 saturated carbocycles. The summed E-state index contributed by atoms with van der Waals surface area (Å²) in [5.41, 5.74) is 0.689. The highest BCUT2D eigenvalue weighted by Gasteiger charge is 2.17. The fourth-order valence-corrected chi connectivity index (χ4v) is 2.59. The Morgan fingerprint density at radius 1 is 0.955 bits per heavy atom. The molecule has 2 rings (SSSR count). The average molecular weight is 364 g/mol. The number of ether oxygens (including phenoxy) is 3. The van der Waals surface area contributed by atoms with Crippen LogP contribution in [0.25, 0.3) is 0 Å². The maximum atomic E-state index is 6.28. The topological polar surface area (TPSA) is 53.5 Å². The zero-order valence-electron chi connectivity index (χ0n) is 11.9. The molecule has 1 aromatic heterocycles. The molecule has 22 heavy (non-hydrogen) atoms. The number of methoxy groups -OCH3 is 2. The van der Waals surface area contributed by atoms with Gasteiger partial charge >= 0.3 is 0 Å². The summed E-state index contributed by atoms with van der Waals surface area (Å²) in [5, 5.41) is 1.03. The molecule has 0 fully saturated rings. The van der Waals surface area contributed by atoms with Crippen LogP contribution in [0.1, 0.15) is 5.56 Å². The van der Waals surface area contributed by atoms with Crippen LogP contribution in [0.15, 0.2) is 18.5 Å². The molecule has 0 aliphatic heterocycles. The minimum Gasteiger partial charge on any atom is -0.495 e. The number of halogens is 3. The van der Waals surface area contributed by atoms with Gasteiger partial charge in [-0.1, -0.05) is 23.2 Å². The van der Waals surface area contributed by atoms with E-state index in [0.717, 1.165) is 0 Å². The van der Waals surface area contributed by atoms with Crippen molar-refractivity contribution in [3.8, 4) is 17.2 Å². The second-order valence-electron chi connectivity index (χ2n) is 4.17. The molecule has 0 N–H and O–H groups in total. The van der Waals surface area contributed by atoms with Gasteiger partial charge in [-0.25, -0.2) is 9.97 Å². The largest absolute Gasteiger partial charge is 0.495 e. The third kappa shape index (κ3) is 3.85. The first kappa shape index (κ1) is 16.9. The lowest BCUT2D eigenvalue weighted by atomic mass is 10.1. The first-order valence-corrected chi connectivity index (χ1v) is 7.39. The summed E-state index contributed by atoms with van der Waals surface area (Å²) < 4.78 is 16.0. The van der Waals surface area contributed by atoms with E-state index in [-0.39, 0.29) is 5.28 Å². The third-order valence-electron chi connectivity index (χ3n) is 2.88. The van der Waals surface area contributed by atoms with Gasteiger partial charge in [0.25, 0.3) is 0 Å². The lowest BCUT2D eigenvalue weighted by Crippen LogP contribution is -2.04. The van der Waals surface area contributed by atoms with E-state index >= 15 is 0 Å². The molecule has 0 aliphatic carbocycles. The van der Waals surface area contributed by atoms with Crippen LogP contribution in [0.3, 0.4) is 0 Å². The molecular formula is C14H13Cl3N2O3. The van der Waals surface area contributed by atoms with E-state index in [1.807, 2.05) is 0 Å². The van der Waals surface area contributed by atoms with Crippen molar-refractivity contribution in [1.82, 2.24) is 9.97 Å². The van der Waals surface area contributed by atoms with Crippen molar-refractivity contribution in [3.63, 3.8) is 0 Å². The second-order valence-corrected chi connectivity index (χ2v) is 5.27. The van der Waals surface area contributed by atoms with Crippen molar-refractivity contribution in [3.05, 3.63) is 39.4 Å². The molecule has 0 amide bonds. The van der Waals surface area contributed by atoms with Gasteiger partial charge in [-0.3, -0.25) is 0 Å². The summed E-state index contributed by atoms with van der Waals surface area (Å²) in [6.07, 6.45) is 3.45. The molecule has 0 bridgehead atoms. The SMILES string of the molecule is COc1cc(OC)c(Cl)c(CCOc2cnc(Cl)nc2)c1Cl. The highest BCUT2D eigenvalue weighted by Crippen LogP contribution is 2.40.